The van der Waals surface area contributed by atoms with E-state index in [1.54, 1.807) is 4.68 Å². The van der Waals surface area contributed by atoms with E-state index >= 15 is 0 Å². The van der Waals surface area contributed by atoms with Crippen molar-refractivity contribution >= 4 is 5.78 Å². The van der Waals surface area contributed by atoms with Crippen LogP contribution in [0, 0.1) is 5.41 Å². The molecule has 0 aliphatic rings. The minimum atomic E-state index is -0.0938. The van der Waals surface area contributed by atoms with Crippen LogP contribution in [0.15, 0.2) is 12.3 Å². The summed E-state index contributed by atoms with van der Waals surface area (Å²) in [5.74, 6) is 0.154. The van der Waals surface area contributed by atoms with Gasteiger partial charge in [0.05, 0.1) is 12.1 Å². The van der Waals surface area contributed by atoms with Crippen molar-refractivity contribution in [3.63, 3.8) is 0 Å². The van der Waals surface area contributed by atoms with Crippen LogP contribution in [0.2, 0.25) is 0 Å². The van der Waals surface area contributed by atoms with Gasteiger partial charge in [-0.1, -0.05) is 20.8 Å². The highest BCUT2D eigenvalue weighted by Crippen LogP contribution is 2.20. The third-order valence-electron chi connectivity index (χ3n) is 2.71. The lowest BCUT2D eigenvalue weighted by Crippen LogP contribution is -2.37. The van der Waals surface area contributed by atoms with E-state index in [1.165, 1.54) is 0 Å². The van der Waals surface area contributed by atoms with Crippen molar-refractivity contribution < 1.29 is 4.79 Å². The highest BCUT2D eigenvalue weighted by atomic mass is 16.1. The Labute approximate surface area is 96.8 Å². The first-order valence-corrected chi connectivity index (χ1v) is 5.55. The quantitative estimate of drug-likeness (QED) is 0.836. The van der Waals surface area contributed by atoms with Gasteiger partial charge in [-0.15, -0.1) is 0 Å². The number of rotatable bonds is 4. The molecule has 90 valence electrons. The van der Waals surface area contributed by atoms with Crippen molar-refractivity contribution in [3.8, 4) is 0 Å². The molecule has 1 atom stereocenters. The second kappa shape index (κ2) is 4.78. The molecular weight excluding hydrogens is 202 g/mol. The molecular formula is C12H21N3O. The highest BCUT2D eigenvalue weighted by molar-refractivity contribution is 5.81. The molecule has 0 spiro atoms. The Morgan fingerprint density at radius 2 is 2.19 bits per heavy atom. The first kappa shape index (κ1) is 12.9. The van der Waals surface area contributed by atoms with Crippen LogP contribution in [0.25, 0.3) is 0 Å². The van der Waals surface area contributed by atoms with Gasteiger partial charge in [-0.3, -0.25) is 9.48 Å². The maximum Gasteiger partial charge on any atom is 0.140 e. The van der Waals surface area contributed by atoms with E-state index < -0.39 is 0 Å². The summed E-state index contributed by atoms with van der Waals surface area (Å²) in [6.45, 7) is 6.14. The molecule has 1 aromatic rings. The SMILES string of the molecule is Cn1ccc(CC(=O)CC(N)C(C)(C)C)n1. The Kier molecular flexibility index (Phi) is 3.86. The number of carbonyl (C=O) groups is 1. The van der Waals surface area contributed by atoms with Gasteiger partial charge < -0.3 is 5.73 Å². The average Bonchev–Trinajstić information content (AvgIpc) is 2.49. The topological polar surface area (TPSA) is 60.9 Å². The zero-order valence-corrected chi connectivity index (χ0v) is 10.5. The number of nitrogens with zero attached hydrogens (tertiary/aromatic N) is 2. The molecule has 1 rings (SSSR count). The Hall–Kier alpha value is -1.16. The van der Waals surface area contributed by atoms with Crippen LogP contribution in [0.4, 0.5) is 0 Å². The zero-order valence-electron chi connectivity index (χ0n) is 10.5. The second-order valence-electron chi connectivity index (χ2n) is 5.37. The first-order valence-electron chi connectivity index (χ1n) is 5.55. The van der Waals surface area contributed by atoms with Gasteiger partial charge in [0, 0.05) is 25.7 Å². The van der Waals surface area contributed by atoms with Crippen molar-refractivity contribution in [3.05, 3.63) is 18.0 Å². The van der Waals surface area contributed by atoms with Crippen molar-refractivity contribution in [2.45, 2.75) is 39.7 Å². The molecule has 1 heterocycles. The van der Waals surface area contributed by atoms with Crippen molar-refractivity contribution in [2.75, 3.05) is 0 Å². The molecule has 4 nitrogen and oxygen atoms in total. The van der Waals surface area contributed by atoms with E-state index in [4.69, 9.17) is 5.73 Å². The van der Waals surface area contributed by atoms with Gasteiger partial charge in [0.1, 0.15) is 5.78 Å². The van der Waals surface area contributed by atoms with E-state index in [0.717, 1.165) is 5.69 Å². The first-order chi connectivity index (χ1) is 7.29. The van der Waals surface area contributed by atoms with Gasteiger partial charge in [0.25, 0.3) is 0 Å². The predicted molar refractivity (Wildman–Crippen MR) is 64.0 cm³/mol. The molecule has 0 aliphatic heterocycles. The van der Waals surface area contributed by atoms with Crippen LogP contribution < -0.4 is 5.73 Å². The zero-order chi connectivity index (χ0) is 12.3. The van der Waals surface area contributed by atoms with Gasteiger partial charge >= 0.3 is 0 Å². The molecule has 16 heavy (non-hydrogen) atoms. The molecule has 0 amide bonds. The van der Waals surface area contributed by atoms with Gasteiger partial charge in [-0.05, 0) is 11.5 Å². The monoisotopic (exact) mass is 223 g/mol. The molecule has 0 bridgehead atoms. The third-order valence-corrected chi connectivity index (χ3v) is 2.71. The molecule has 4 heteroatoms. The smallest absolute Gasteiger partial charge is 0.140 e. The summed E-state index contributed by atoms with van der Waals surface area (Å²) in [4.78, 5) is 11.7. The van der Waals surface area contributed by atoms with E-state index in [0.29, 0.717) is 12.8 Å². The molecule has 0 aliphatic carbocycles. The largest absolute Gasteiger partial charge is 0.327 e. The minimum Gasteiger partial charge on any atom is -0.327 e. The van der Waals surface area contributed by atoms with Crippen LogP contribution in [-0.4, -0.2) is 21.6 Å². The summed E-state index contributed by atoms with van der Waals surface area (Å²) in [5.41, 5.74) is 6.75. The Morgan fingerprint density at radius 1 is 1.56 bits per heavy atom. The molecule has 1 unspecified atom stereocenters. The lowest BCUT2D eigenvalue weighted by atomic mass is 9.84. The maximum absolute atomic E-state index is 11.7. The number of Topliss-reactive ketones (excluding diaryl/α,β-unsaturated/α-hetero) is 1. The summed E-state index contributed by atoms with van der Waals surface area (Å²) >= 11 is 0. The number of ketones is 1. The third kappa shape index (κ3) is 3.77. The van der Waals surface area contributed by atoms with Gasteiger partial charge in [-0.2, -0.15) is 5.10 Å². The number of nitrogens with two attached hydrogens (primary N) is 1. The maximum atomic E-state index is 11.7. The fourth-order valence-corrected chi connectivity index (χ4v) is 1.38. The van der Waals surface area contributed by atoms with Crippen LogP contribution in [0.1, 0.15) is 32.9 Å². The molecule has 0 saturated carbocycles. The predicted octanol–water partition coefficient (Wildman–Crippen LogP) is 1.30. The number of hydrogen-bond acceptors (Lipinski definition) is 3. The van der Waals surface area contributed by atoms with Gasteiger partial charge in [0.15, 0.2) is 0 Å². The molecule has 0 saturated heterocycles. The second-order valence-corrected chi connectivity index (χ2v) is 5.37. The van der Waals surface area contributed by atoms with E-state index in [-0.39, 0.29) is 17.2 Å². The normalized spacial score (nSPS) is 13.8. The van der Waals surface area contributed by atoms with E-state index in [9.17, 15) is 4.79 Å². The Bertz CT molecular complexity index is 363. The Balaban J connectivity index is 2.48. The van der Waals surface area contributed by atoms with Crippen molar-refractivity contribution in [2.24, 2.45) is 18.2 Å². The van der Waals surface area contributed by atoms with Gasteiger partial charge in [0.2, 0.25) is 0 Å². The lowest BCUT2D eigenvalue weighted by molar-refractivity contribution is -0.119. The standard InChI is InChI=1S/C12H21N3O/c1-12(2,3)11(13)8-10(16)7-9-5-6-15(4)14-9/h5-6,11H,7-8,13H2,1-4H3. The number of carbonyl (C=O) groups excluding carboxylic acids is 1. The molecule has 2 N–H and O–H groups in total. The summed E-state index contributed by atoms with van der Waals surface area (Å²) in [5, 5.41) is 4.18. The summed E-state index contributed by atoms with van der Waals surface area (Å²) in [6.07, 6.45) is 2.64. The summed E-state index contributed by atoms with van der Waals surface area (Å²) < 4.78 is 1.70. The molecule has 1 aromatic heterocycles. The van der Waals surface area contributed by atoms with Gasteiger partial charge in [-0.25, -0.2) is 0 Å². The number of aromatic nitrogens is 2. The average molecular weight is 223 g/mol. The number of aryl methyl sites for hydroxylation is 1. The molecule has 0 radical (unpaired) electrons. The number of hydrogen-bond donors (Lipinski definition) is 1. The van der Waals surface area contributed by atoms with E-state index in [1.807, 2.05) is 40.1 Å². The summed E-state index contributed by atoms with van der Waals surface area (Å²) in [7, 11) is 1.84. The lowest BCUT2D eigenvalue weighted by Gasteiger charge is -2.26. The molecule has 0 fully saturated rings. The fraction of sp³-hybridized carbons (Fsp3) is 0.667. The van der Waals surface area contributed by atoms with Crippen LogP contribution >= 0.6 is 0 Å². The molecule has 0 aromatic carbocycles. The van der Waals surface area contributed by atoms with Crippen molar-refractivity contribution in [1.29, 1.82) is 0 Å². The fourth-order valence-electron chi connectivity index (χ4n) is 1.38. The highest BCUT2D eigenvalue weighted by Gasteiger charge is 2.23. The van der Waals surface area contributed by atoms with Crippen LogP contribution in [0.5, 0.6) is 0 Å². The van der Waals surface area contributed by atoms with Crippen molar-refractivity contribution in [1.82, 2.24) is 9.78 Å². The van der Waals surface area contributed by atoms with E-state index in [2.05, 4.69) is 5.10 Å². The van der Waals surface area contributed by atoms with Crippen LogP contribution in [-0.2, 0) is 18.3 Å². The Morgan fingerprint density at radius 3 is 2.62 bits per heavy atom. The summed E-state index contributed by atoms with van der Waals surface area (Å²) in [6, 6.07) is 1.77. The minimum absolute atomic E-state index is 0.0280. The van der Waals surface area contributed by atoms with Crippen LogP contribution in [0.3, 0.4) is 0 Å².